The molecule has 122 valence electrons. The molecule has 0 bridgehead atoms. The van der Waals surface area contributed by atoms with Gasteiger partial charge < -0.3 is 10.7 Å². The Morgan fingerprint density at radius 3 is 2.33 bits per heavy atom. The maximum Gasteiger partial charge on any atom is 0.255 e. The van der Waals surface area contributed by atoms with Gasteiger partial charge in [0, 0.05) is 17.5 Å². The summed E-state index contributed by atoms with van der Waals surface area (Å²) < 4.78 is 0. The number of hydrogen-bond acceptors (Lipinski definition) is 3. The molecule has 0 aromatic heterocycles. The number of benzene rings is 2. The second kappa shape index (κ2) is 8.95. The van der Waals surface area contributed by atoms with E-state index >= 15 is 0 Å². The minimum absolute atomic E-state index is 0.141. The zero-order valence-electron chi connectivity index (χ0n) is 13.3. The Labute approximate surface area is 141 Å². The lowest BCUT2D eigenvalue weighted by Crippen LogP contribution is -2.24. The summed E-state index contributed by atoms with van der Waals surface area (Å²) in [7, 11) is 0. The number of nitrogens with one attached hydrogen (secondary N) is 3. The molecule has 0 saturated heterocycles. The van der Waals surface area contributed by atoms with Crippen LogP contribution in [0.15, 0.2) is 72.4 Å². The summed E-state index contributed by atoms with van der Waals surface area (Å²) in [6.07, 6.45) is 5.98. The Balaban J connectivity index is 1.98. The Morgan fingerprint density at radius 2 is 1.67 bits per heavy atom. The van der Waals surface area contributed by atoms with E-state index in [1.165, 1.54) is 0 Å². The topological polar surface area (TPSA) is 70.2 Å². The Morgan fingerprint density at radius 1 is 0.958 bits per heavy atom. The van der Waals surface area contributed by atoms with E-state index in [4.69, 9.17) is 0 Å². The number of hydrogen-bond donors (Lipinski definition) is 3. The molecule has 5 nitrogen and oxygen atoms in total. The van der Waals surface area contributed by atoms with E-state index in [9.17, 15) is 9.59 Å². The summed E-state index contributed by atoms with van der Waals surface area (Å²) in [5, 5.41) is 2.85. The number of hydrazine groups is 1. The molecule has 0 unspecified atom stereocenters. The monoisotopic (exact) mass is 321 g/mol. The van der Waals surface area contributed by atoms with Crippen LogP contribution in [0.3, 0.4) is 0 Å². The van der Waals surface area contributed by atoms with Gasteiger partial charge in [0.1, 0.15) is 0 Å². The lowest BCUT2D eigenvalue weighted by atomic mass is 10.1. The Bertz CT molecular complexity index is 735. The molecule has 0 radical (unpaired) electrons. The third-order valence-electron chi connectivity index (χ3n) is 3.17. The highest BCUT2D eigenvalue weighted by Gasteiger charge is 2.05. The van der Waals surface area contributed by atoms with Gasteiger partial charge in [-0.25, -0.2) is 0 Å². The maximum absolute atomic E-state index is 12.2. The first-order valence-corrected chi connectivity index (χ1v) is 7.45. The van der Waals surface area contributed by atoms with Gasteiger partial charge in [-0.05, 0) is 48.4 Å². The molecule has 3 N–H and O–H groups in total. The molecular formula is C19H19N3O2. The molecular weight excluding hydrogens is 302 g/mol. The van der Waals surface area contributed by atoms with Crippen LogP contribution >= 0.6 is 0 Å². The third-order valence-corrected chi connectivity index (χ3v) is 3.17. The highest BCUT2D eigenvalue weighted by atomic mass is 16.1. The molecule has 2 rings (SSSR count). The van der Waals surface area contributed by atoms with Gasteiger partial charge in [-0.15, -0.1) is 0 Å². The standard InChI is InChI=1S/C19H19N3O2/c1-15(11-12-20-21-14-23)13-16-7-9-17(10-8-16)19(24)22-18-5-3-2-4-6-18/h2-14,20H,1H3,(H,21,23)(H,22,24)/b12-11+,15-13-. The van der Waals surface area contributed by atoms with Gasteiger partial charge in [-0.3, -0.25) is 15.0 Å². The van der Waals surface area contributed by atoms with Crippen LogP contribution in [0.5, 0.6) is 0 Å². The molecule has 0 saturated carbocycles. The summed E-state index contributed by atoms with van der Waals surface area (Å²) in [5.74, 6) is -0.141. The third kappa shape index (κ3) is 5.46. The van der Waals surface area contributed by atoms with Crippen molar-refractivity contribution >= 4 is 24.1 Å². The number of carbonyl (C=O) groups is 2. The van der Waals surface area contributed by atoms with Crippen molar-refractivity contribution in [2.45, 2.75) is 6.92 Å². The average Bonchev–Trinajstić information content (AvgIpc) is 2.60. The van der Waals surface area contributed by atoms with Gasteiger partial charge in [0.05, 0.1) is 0 Å². The van der Waals surface area contributed by atoms with Gasteiger partial charge in [0.25, 0.3) is 5.91 Å². The highest BCUT2D eigenvalue weighted by molar-refractivity contribution is 6.04. The van der Waals surface area contributed by atoms with E-state index in [0.29, 0.717) is 12.0 Å². The number of carbonyl (C=O) groups excluding carboxylic acids is 2. The molecule has 5 heteroatoms. The predicted octanol–water partition coefficient (Wildman–Crippen LogP) is 3.11. The largest absolute Gasteiger partial charge is 0.322 e. The lowest BCUT2D eigenvalue weighted by Gasteiger charge is -2.05. The molecule has 0 heterocycles. The number of anilines is 1. The minimum Gasteiger partial charge on any atom is -0.322 e. The van der Waals surface area contributed by atoms with Crippen LogP contribution in [-0.4, -0.2) is 12.3 Å². The Hall–Kier alpha value is -3.34. The first-order valence-electron chi connectivity index (χ1n) is 7.45. The number of allylic oxidation sites excluding steroid dienone is 2. The quantitative estimate of drug-likeness (QED) is 0.318. The normalized spacial score (nSPS) is 11.1. The average molecular weight is 321 g/mol. The van der Waals surface area contributed by atoms with Crippen LogP contribution in [0, 0.1) is 0 Å². The summed E-state index contributed by atoms with van der Waals surface area (Å²) in [5.41, 5.74) is 8.27. The first-order chi connectivity index (χ1) is 11.7. The first kappa shape index (κ1) is 17.0. The van der Waals surface area contributed by atoms with Crippen molar-refractivity contribution in [3.63, 3.8) is 0 Å². The molecule has 2 amide bonds. The van der Waals surface area contributed by atoms with E-state index in [1.807, 2.05) is 61.5 Å². The molecule has 2 aromatic rings. The van der Waals surface area contributed by atoms with Crippen molar-refractivity contribution in [3.8, 4) is 0 Å². The zero-order valence-corrected chi connectivity index (χ0v) is 13.3. The van der Waals surface area contributed by atoms with Crippen molar-refractivity contribution in [1.82, 2.24) is 10.9 Å². The highest BCUT2D eigenvalue weighted by Crippen LogP contribution is 2.12. The fourth-order valence-electron chi connectivity index (χ4n) is 2.02. The second-order valence-electron chi connectivity index (χ2n) is 5.07. The molecule has 0 fully saturated rings. The van der Waals surface area contributed by atoms with Crippen molar-refractivity contribution in [3.05, 3.63) is 83.6 Å². The number of para-hydroxylation sites is 1. The van der Waals surface area contributed by atoms with E-state index in [1.54, 1.807) is 18.3 Å². The van der Waals surface area contributed by atoms with Crippen LogP contribution in [0.25, 0.3) is 6.08 Å². The van der Waals surface area contributed by atoms with Gasteiger partial charge in [-0.2, -0.15) is 0 Å². The number of amides is 2. The fraction of sp³-hybridized carbons (Fsp3) is 0.0526. The van der Waals surface area contributed by atoms with Crippen LogP contribution in [-0.2, 0) is 4.79 Å². The van der Waals surface area contributed by atoms with Gasteiger partial charge >= 0.3 is 0 Å². The van der Waals surface area contributed by atoms with Gasteiger partial charge in [0.2, 0.25) is 6.41 Å². The number of rotatable bonds is 7. The van der Waals surface area contributed by atoms with Crippen LogP contribution in [0.1, 0.15) is 22.8 Å². The van der Waals surface area contributed by atoms with Gasteiger partial charge in [-0.1, -0.05) is 36.4 Å². The SMILES string of the molecule is CC(=C/c1ccc(C(=O)Nc2ccccc2)cc1)/C=C/NNC=O. The van der Waals surface area contributed by atoms with Crippen LogP contribution in [0.2, 0.25) is 0 Å². The van der Waals surface area contributed by atoms with Crippen LogP contribution < -0.4 is 16.2 Å². The molecule has 0 aliphatic heterocycles. The summed E-state index contributed by atoms with van der Waals surface area (Å²) in [4.78, 5) is 22.3. The molecule has 0 spiro atoms. The van der Waals surface area contributed by atoms with Crippen molar-refractivity contribution in [2.75, 3.05) is 5.32 Å². The van der Waals surface area contributed by atoms with Crippen molar-refractivity contribution in [2.24, 2.45) is 0 Å². The molecule has 0 aliphatic carbocycles. The lowest BCUT2D eigenvalue weighted by molar-refractivity contribution is -0.110. The maximum atomic E-state index is 12.2. The zero-order chi connectivity index (χ0) is 17.2. The van der Waals surface area contributed by atoms with Gasteiger partial charge in [0.15, 0.2) is 0 Å². The smallest absolute Gasteiger partial charge is 0.255 e. The van der Waals surface area contributed by atoms with Crippen LogP contribution in [0.4, 0.5) is 5.69 Å². The van der Waals surface area contributed by atoms with E-state index in [2.05, 4.69) is 16.2 Å². The molecule has 24 heavy (non-hydrogen) atoms. The van der Waals surface area contributed by atoms with E-state index in [-0.39, 0.29) is 5.91 Å². The summed E-state index contributed by atoms with van der Waals surface area (Å²) in [6, 6.07) is 16.7. The van der Waals surface area contributed by atoms with Crippen molar-refractivity contribution < 1.29 is 9.59 Å². The fourth-order valence-corrected chi connectivity index (χ4v) is 2.02. The van der Waals surface area contributed by atoms with E-state index in [0.717, 1.165) is 16.8 Å². The van der Waals surface area contributed by atoms with E-state index < -0.39 is 0 Å². The summed E-state index contributed by atoms with van der Waals surface area (Å²) in [6.45, 7) is 1.94. The molecule has 0 atom stereocenters. The molecule has 2 aromatic carbocycles. The predicted molar refractivity (Wildman–Crippen MR) is 96.0 cm³/mol. The Kier molecular flexibility index (Phi) is 6.35. The second-order valence-corrected chi connectivity index (χ2v) is 5.07. The minimum atomic E-state index is -0.141. The van der Waals surface area contributed by atoms with Crippen molar-refractivity contribution in [1.29, 1.82) is 0 Å². The molecule has 0 aliphatic rings. The summed E-state index contributed by atoms with van der Waals surface area (Å²) >= 11 is 0.